The maximum atomic E-state index is 11.8. The first-order chi connectivity index (χ1) is 7.29. The minimum Gasteiger partial charge on any atom is -0.359 e. The fourth-order valence-electron chi connectivity index (χ4n) is 1.52. The molecular weight excluding hydrogens is 208 g/mol. The highest BCUT2D eigenvalue weighted by Crippen LogP contribution is 2.12. The molecule has 0 fully saturated rings. The minimum atomic E-state index is 0.201. The molecule has 0 amide bonds. The van der Waals surface area contributed by atoms with E-state index >= 15 is 0 Å². The zero-order valence-electron chi connectivity index (χ0n) is 8.72. The molecule has 0 saturated heterocycles. The summed E-state index contributed by atoms with van der Waals surface area (Å²) in [6, 6.07) is 3.79. The standard InChI is InChI=1S/C11H14N2OS/c1-2-12-5-6-13(9-12)8-10(14)11-4-3-7-15-11/h3-7H,2,8-9H2,1H3. The lowest BCUT2D eigenvalue weighted by molar-refractivity contribution is 0.0950. The SMILES string of the molecule is CCN1C=CN(CC(=O)c2cccs2)C1. The van der Waals surface area contributed by atoms with Crippen LogP contribution in [0.3, 0.4) is 0 Å². The smallest absolute Gasteiger partial charge is 0.192 e. The summed E-state index contributed by atoms with van der Waals surface area (Å²) in [7, 11) is 0. The van der Waals surface area contributed by atoms with Gasteiger partial charge in [0.2, 0.25) is 0 Å². The maximum absolute atomic E-state index is 11.8. The van der Waals surface area contributed by atoms with E-state index < -0.39 is 0 Å². The molecule has 0 unspecified atom stereocenters. The summed E-state index contributed by atoms with van der Waals surface area (Å²) < 4.78 is 0. The van der Waals surface area contributed by atoms with Gasteiger partial charge in [-0.2, -0.15) is 0 Å². The molecule has 4 heteroatoms. The molecule has 0 bridgehead atoms. The Labute approximate surface area is 93.6 Å². The minimum absolute atomic E-state index is 0.201. The summed E-state index contributed by atoms with van der Waals surface area (Å²) in [6.07, 6.45) is 4.01. The second-order valence-electron chi connectivity index (χ2n) is 3.49. The molecule has 2 rings (SSSR count). The van der Waals surface area contributed by atoms with E-state index in [1.54, 1.807) is 0 Å². The van der Waals surface area contributed by atoms with Gasteiger partial charge in [-0.15, -0.1) is 11.3 Å². The average molecular weight is 222 g/mol. The summed E-state index contributed by atoms with van der Waals surface area (Å²) in [4.78, 5) is 16.8. The van der Waals surface area contributed by atoms with Gasteiger partial charge in [0.25, 0.3) is 0 Å². The van der Waals surface area contributed by atoms with Crippen molar-refractivity contribution in [1.29, 1.82) is 0 Å². The molecule has 0 radical (unpaired) electrons. The van der Waals surface area contributed by atoms with E-state index in [1.165, 1.54) is 11.3 Å². The lowest BCUT2D eigenvalue weighted by atomic mass is 10.3. The van der Waals surface area contributed by atoms with E-state index in [4.69, 9.17) is 0 Å². The molecule has 0 aromatic carbocycles. The summed E-state index contributed by atoms with van der Waals surface area (Å²) in [5.74, 6) is 0.201. The maximum Gasteiger partial charge on any atom is 0.192 e. The van der Waals surface area contributed by atoms with Crippen molar-refractivity contribution < 1.29 is 4.79 Å². The van der Waals surface area contributed by atoms with Crippen molar-refractivity contribution in [2.75, 3.05) is 19.8 Å². The molecule has 1 aromatic heterocycles. The Morgan fingerprint density at radius 1 is 1.47 bits per heavy atom. The zero-order chi connectivity index (χ0) is 10.7. The van der Waals surface area contributed by atoms with E-state index in [0.717, 1.165) is 18.1 Å². The Morgan fingerprint density at radius 2 is 2.27 bits per heavy atom. The molecule has 2 heterocycles. The van der Waals surface area contributed by atoms with Crippen molar-refractivity contribution in [3.8, 4) is 0 Å². The summed E-state index contributed by atoms with van der Waals surface area (Å²) >= 11 is 1.51. The normalized spacial score (nSPS) is 15.0. The molecule has 1 aliphatic rings. The van der Waals surface area contributed by atoms with E-state index in [9.17, 15) is 4.79 Å². The lowest BCUT2D eigenvalue weighted by Gasteiger charge is -2.18. The first-order valence-corrected chi connectivity index (χ1v) is 5.90. The van der Waals surface area contributed by atoms with Crippen LogP contribution in [-0.4, -0.2) is 35.3 Å². The van der Waals surface area contributed by atoms with Gasteiger partial charge < -0.3 is 9.80 Å². The van der Waals surface area contributed by atoms with Gasteiger partial charge in [-0.05, 0) is 18.4 Å². The number of rotatable bonds is 4. The molecule has 3 nitrogen and oxygen atoms in total. The Bertz CT molecular complexity index is 359. The molecule has 0 saturated carbocycles. The number of hydrogen-bond donors (Lipinski definition) is 0. The number of carbonyl (C=O) groups is 1. The molecule has 0 atom stereocenters. The largest absolute Gasteiger partial charge is 0.359 e. The third-order valence-electron chi connectivity index (χ3n) is 2.40. The van der Waals surface area contributed by atoms with Crippen LogP contribution in [-0.2, 0) is 0 Å². The van der Waals surface area contributed by atoms with Crippen molar-refractivity contribution in [3.05, 3.63) is 34.8 Å². The van der Waals surface area contributed by atoms with Gasteiger partial charge in [-0.1, -0.05) is 6.07 Å². The van der Waals surface area contributed by atoms with Crippen LogP contribution in [0.5, 0.6) is 0 Å². The highest BCUT2D eigenvalue weighted by atomic mass is 32.1. The summed E-state index contributed by atoms with van der Waals surface area (Å²) in [6.45, 7) is 4.40. The van der Waals surface area contributed by atoms with Crippen molar-refractivity contribution >= 4 is 17.1 Å². The van der Waals surface area contributed by atoms with Gasteiger partial charge in [0.1, 0.15) is 0 Å². The number of ketones is 1. The fraction of sp³-hybridized carbons (Fsp3) is 0.364. The summed E-state index contributed by atoms with van der Waals surface area (Å²) in [5.41, 5.74) is 0. The van der Waals surface area contributed by atoms with Gasteiger partial charge in [-0.25, -0.2) is 0 Å². The lowest BCUT2D eigenvalue weighted by Crippen LogP contribution is -2.29. The van der Waals surface area contributed by atoms with Crippen molar-refractivity contribution in [2.24, 2.45) is 0 Å². The number of carbonyl (C=O) groups excluding carboxylic acids is 1. The molecular formula is C11H14N2OS. The molecule has 0 aliphatic carbocycles. The van der Waals surface area contributed by atoms with Crippen LogP contribution in [0.4, 0.5) is 0 Å². The highest BCUT2D eigenvalue weighted by molar-refractivity contribution is 7.12. The Morgan fingerprint density at radius 3 is 2.87 bits per heavy atom. The van der Waals surface area contributed by atoms with Gasteiger partial charge in [0.05, 0.1) is 18.1 Å². The number of Topliss-reactive ketones (excluding diaryl/α,β-unsaturated/α-hetero) is 1. The first kappa shape index (κ1) is 10.2. The Balaban J connectivity index is 1.89. The second kappa shape index (κ2) is 4.49. The number of thiophene rings is 1. The van der Waals surface area contributed by atoms with Crippen LogP contribution >= 0.6 is 11.3 Å². The quantitative estimate of drug-likeness (QED) is 0.728. The molecule has 1 aromatic rings. The van der Waals surface area contributed by atoms with E-state index in [-0.39, 0.29) is 5.78 Å². The number of hydrogen-bond acceptors (Lipinski definition) is 4. The predicted molar refractivity (Wildman–Crippen MR) is 61.7 cm³/mol. The summed E-state index contributed by atoms with van der Waals surface area (Å²) in [5, 5.41) is 1.94. The number of nitrogens with zero attached hydrogens (tertiary/aromatic N) is 2. The van der Waals surface area contributed by atoms with E-state index in [2.05, 4.69) is 11.8 Å². The molecule has 15 heavy (non-hydrogen) atoms. The van der Waals surface area contributed by atoms with Crippen LogP contribution in [0.25, 0.3) is 0 Å². The van der Waals surface area contributed by atoms with E-state index in [1.807, 2.05) is 34.8 Å². The van der Waals surface area contributed by atoms with Crippen LogP contribution in [0, 0.1) is 0 Å². The van der Waals surface area contributed by atoms with Crippen LogP contribution < -0.4 is 0 Å². The molecule has 1 aliphatic heterocycles. The van der Waals surface area contributed by atoms with Gasteiger partial charge >= 0.3 is 0 Å². The van der Waals surface area contributed by atoms with Crippen molar-refractivity contribution in [1.82, 2.24) is 9.80 Å². The molecule has 0 N–H and O–H groups in total. The topological polar surface area (TPSA) is 23.6 Å². The molecule has 0 spiro atoms. The average Bonchev–Trinajstić information content (AvgIpc) is 2.87. The zero-order valence-corrected chi connectivity index (χ0v) is 9.54. The van der Waals surface area contributed by atoms with Crippen LogP contribution in [0.15, 0.2) is 29.9 Å². The Hall–Kier alpha value is -1.29. The van der Waals surface area contributed by atoms with Crippen LogP contribution in [0.2, 0.25) is 0 Å². The van der Waals surface area contributed by atoms with Gasteiger partial charge in [-0.3, -0.25) is 4.79 Å². The third kappa shape index (κ3) is 2.39. The van der Waals surface area contributed by atoms with Crippen LogP contribution in [0.1, 0.15) is 16.6 Å². The third-order valence-corrected chi connectivity index (χ3v) is 3.31. The van der Waals surface area contributed by atoms with E-state index in [0.29, 0.717) is 6.54 Å². The first-order valence-electron chi connectivity index (χ1n) is 5.02. The van der Waals surface area contributed by atoms with Gasteiger partial charge in [0.15, 0.2) is 5.78 Å². The van der Waals surface area contributed by atoms with Crippen molar-refractivity contribution in [3.63, 3.8) is 0 Å². The Kier molecular flexibility index (Phi) is 3.06. The highest BCUT2D eigenvalue weighted by Gasteiger charge is 2.15. The molecule has 80 valence electrons. The second-order valence-corrected chi connectivity index (χ2v) is 4.44. The van der Waals surface area contributed by atoms with Crippen molar-refractivity contribution in [2.45, 2.75) is 6.92 Å². The monoisotopic (exact) mass is 222 g/mol. The fourth-order valence-corrected chi connectivity index (χ4v) is 2.18. The predicted octanol–water partition coefficient (Wildman–Crippen LogP) is 2.00. The van der Waals surface area contributed by atoms with Gasteiger partial charge in [0, 0.05) is 18.9 Å².